The number of anilines is 1. The van der Waals surface area contributed by atoms with Crippen LogP contribution in [0.5, 0.6) is 0 Å². The molecule has 1 saturated carbocycles. The number of fused-ring (bicyclic) bond motifs is 1. The Balaban J connectivity index is 2.09. The number of nitrogens with zero attached hydrogens (tertiary/aromatic N) is 1. The molecular weight excluding hydrogens is 269 g/mol. The first-order chi connectivity index (χ1) is 9.17. The van der Waals surface area contributed by atoms with Gasteiger partial charge in [0.15, 0.2) is 0 Å². The SMILES string of the molecule is O=c1[nH]c(CCl)nc2cc(NC3CCC3)cc(F)c12. The Bertz CT molecular complexity index is 681. The van der Waals surface area contributed by atoms with Crippen molar-refractivity contribution in [1.29, 1.82) is 0 Å². The first kappa shape index (κ1) is 12.4. The Morgan fingerprint density at radius 2 is 2.26 bits per heavy atom. The van der Waals surface area contributed by atoms with Crippen molar-refractivity contribution in [2.45, 2.75) is 31.2 Å². The van der Waals surface area contributed by atoms with E-state index in [1.165, 1.54) is 12.5 Å². The van der Waals surface area contributed by atoms with Crippen LogP contribution >= 0.6 is 11.6 Å². The van der Waals surface area contributed by atoms with E-state index in [4.69, 9.17) is 11.6 Å². The zero-order chi connectivity index (χ0) is 13.4. The molecule has 0 unspecified atom stereocenters. The summed E-state index contributed by atoms with van der Waals surface area (Å²) in [6.07, 6.45) is 3.38. The molecule has 0 amide bonds. The predicted molar refractivity (Wildman–Crippen MR) is 73.1 cm³/mol. The molecule has 0 aliphatic heterocycles. The Labute approximate surface area is 114 Å². The third-order valence-electron chi connectivity index (χ3n) is 3.41. The number of nitrogens with one attached hydrogen (secondary N) is 2. The maximum atomic E-state index is 14.0. The molecule has 4 nitrogen and oxygen atoms in total. The lowest BCUT2D eigenvalue weighted by Gasteiger charge is -2.27. The lowest BCUT2D eigenvalue weighted by molar-refractivity contribution is 0.445. The Kier molecular flexibility index (Phi) is 3.14. The van der Waals surface area contributed by atoms with Crippen molar-refractivity contribution in [2.24, 2.45) is 0 Å². The molecule has 1 aromatic carbocycles. The number of rotatable bonds is 3. The zero-order valence-corrected chi connectivity index (χ0v) is 10.9. The normalized spacial score (nSPS) is 15.5. The van der Waals surface area contributed by atoms with Crippen molar-refractivity contribution in [3.8, 4) is 0 Å². The number of hydrogen-bond acceptors (Lipinski definition) is 3. The first-order valence-electron chi connectivity index (χ1n) is 6.22. The monoisotopic (exact) mass is 281 g/mol. The second-order valence-corrected chi connectivity index (χ2v) is 5.04. The fourth-order valence-corrected chi connectivity index (χ4v) is 2.33. The van der Waals surface area contributed by atoms with E-state index in [0.29, 0.717) is 23.1 Å². The second kappa shape index (κ2) is 4.81. The van der Waals surface area contributed by atoms with Crippen molar-refractivity contribution in [3.63, 3.8) is 0 Å². The van der Waals surface area contributed by atoms with Crippen LogP contribution < -0.4 is 10.9 Å². The van der Waals surface area contributed by atoms with Crippen LogP contribution in [0.2, 0.25) is 0 Å². The van der Waals surface area contributed by atoms with E-state index in [1.807, 2.05) is 0 Å². The van der Waals surface area contributed by atoms with E-state index in [2.05, 4.69) is 15.3 Å². The van der Waals surface area contributed by atoms with Crippen LogP contribution in [0, 0.1) is 5.82 Å². The summed E-state index contributed by atoms with van der Waals surface area (Å²) in [5.41, 5.74) is 0.503. The van der Waals surface area contributed by atoms with E-state index < -0.39 is 11.4 Å². The summed E-state index contributed by atoms with van der Waals surface area (Å²) in [4.78, 5) is 18.4. The fraction of sp³-hybridized carbons (Fsp3) is 0.385. The van der Waals surface area contributed by atoms with Gasteiger partial charge in [-0.05, 0) is 31.4 Å². The Morgan fingerprint density at radius 3 is 2.89 bits per heavy atom. The molecule has 0 saturated heterocycles. The number of aromatic nitrogens is 2. The van der Waals surface area contributed by atoms with E-state index in [0.717, 1.165) is 12.8 Å². The van der Waals surface area contributed by atoms with Gasteiger partial charge < -0.3 is 10.3 Å². The minimum atomic E-state index is -0.561. The number of halogens is 2. The topological polar surface area (TPSA) is 57.8 Å². The average Bonchev–Trinajstić information content (AvgIpc) is 2.32. The largest absolute Gasteiger partial charge is 0.382 e. The van der Waals surface area contributed by atoms with Gasteiger partial charge in [-0.25, -0.2) is 9.37 Å². The summed E-state index contributed by atoms with van der Waals surface area (Å²) in [7, 11) is 0. The third-order valence-corrected chi connectivity index (χ3v) is 3.67. The first-order valence-corrected chi connectivity index (χ1v) is 6.76. The smallest absolute Gasteiger partial charge is 0.261 e. The highest BCUT2D eigenvalue weighted by molar-refractivity contribution is 6.16. The van der Waals surface area contributed by atoms with Crippen LogP contribution in [0.4, 0.5) is 10.1 Å². The maximum Gasteiger partial charge on any atom is 0.261 e. The van der Waals surface area contributed by atoms with Crippen LogP contribution in [-0.2, 0) is 5.88 Å². The summed E-state index contributed by atoms with van der Waals surface area (Å²) < 4.78 is 14.0. The van der Waals surface area contributed by atoms with Crippen molar-refractivity contribution in [3.05, 3.63) is 34.1 Å². The lowest BCUT2D eigenvalue weighted by atomic mass is 9.93. The van der Waals surface area contributed by atoms with Crippen LogP contribution in [0.3, 0.4) is 0 Å². The summed E-state index contributed by atoms with van der Waals surface area (Å²) in [6.45, 7) is 0. The minimum absolute atomic E-state index is 0.0203. The molecule has 3 rings (SSSR count). The molecule has 1 aliphatic carbocycles. The Hall–Kier alpha value is -1.62. The van der Waals surface area contributed by atoms with Gasteiger partial charge in [0, 0.05) is 11.7 Å². The van der Waals surface area contributed by atoms with Crippen molar-refractivity contribution >= 4 is 28.2 Å². The molecule has 19 heavy (non-hydrogen) atoms. The fourth-order valence-electron chi connectivity index (χ4n) is 2.21. The number of H-pyrrole nitrogens is 1. The van der Waals surface area contributed by atoms with Gasteiger partial charge in [0.1, 0.15) is 17.0 Å². The highest BCUT2D eigenvalue weighted by atomic mass is 35.5. The minimum Gasteiger partial charge on any atom is -0.382 e. The molecule has 0 radical (unpaired) electrons. The summed E-state index contributed by atoms with van der Waals surface area (Å²) in [6, 6.07) is 3.44. The molecule has 0 atom stereocenters. The molecule has 0 bridgehead atoms. The number of alkyl halides is 1. The summed E-state index contributed by atoms with van der Waals surface area (Å²) in [5.74, 6) is -0.124. The molecule has 100 valence electrons. The number of aromatic amines is 1. The highest BCUT2D eigenvalue weighted by Gasteiger charge is 2.18. The van der Waals surface area contributed by atoms with Crippen molar-refractivity contribution in [1.82, 2.24) is 9.97 Å². The molecule has 1 heterocycles. The van der Waals surface area contributed by atoms with Gasteiger partial charge in [0.25, 0.3) is 5.56 Å². The maximum absolute atomic E-state index is 14.0. The van der Waals surface area contributed by atoms with Gasteiger partial charge in [0.05, 0.1) is 11.4 Å². The quantitative estimate of drug-likeness (QED) is 0.851. The van der Waals surface area contributed by atoms with Gasteiger partial charge >= 0.3 is 0 Å². The number of hydrogen-bond donors (Lipinski definition) is 2. The van der Waals surface area contributed by atoms with Crippen LogP contribution in [0.1, 0.15) is 25.1 Å². The summed E-state index contributed by atoms with van der Waals surface area (Å²) in [5, 5.41) is 3.22. The molecule has 2 aromatic rings. The van der Waals surface area contributed by atoms with Gasteiger partial charge in [-0.3, -0.25) is 4.79 Å². The van der Waals surface area contributed by atoms with Gasteiger partial charge in [-0.15, -0.1) is 11.6 Å². The third kappa shape index (κ3) is 2.30. The second-order valence-electron chi connectivity index (χ2n) is 4.77. The van der Waals surface area contributed by atoms with E-state index in [9.17, 15) is 9.18 Å². The number of benzene rings is 1. The predicted octanol–water partition coefficient (Wildman–Crippen LogP) is 2.77. The molecule has 1 aromatic heterocycles. The highest BCUT2D eigenvalue weighted by Crippen LogP contribution is 2.25. The molecule has 1 fully saturated rings. The molecule has 0 spiro atoms. The van der Waals surface area contributed by atoms with Crippen molar-refractivity contribution in [2.75, 3.05) is 5.32 Å². The van der Waals surface area contributed by atoms with Crippen LogP contribution in [0.25, 0.3) is 10.9 Å². The zero-order valence-electron chi connectivity index (χ0n) is 10.2. The molecule has 2 N–H and O–H groups in total. The molecule has 1 aliphatic rings. The molecular formula is C13H13ClFN3O. The average molecular weight is 282 g/mol. The Morgan fingerprint density at radius 1 is 1.47 bits per heavy atom. The van der Waals surface area contributed by atoms with E-state index >= 15 is 0 Å². The van der Waals surface area contributed by atoms with Crippen LogP contribution in [0.15, 0.2) is 16.9 Å². The van der Waals surface area contributed by atoms with Gasteiger partial charge in [-0.1, -0.05) is 0 Å². The van der Waals surface area contributed by atoms with Gasteiger partial charge in [-0.2, -0.15) is 0 Å². The lowest BCUT2D eigenvalue weighted by Crippen LogP contribution is -2.27. The van der Waals surface area contributed by atoms with Gasteiger partial charge in [0.2, 0.25) is 0 Å². The van der Waals surface area contributed by atoms with Crippen LogP contribution in [-0.4, -0.2) is 16.0 Å². The van der Waals surface area contributed by atoms with Crippen molar-refractivity contribution < 1.29 is 4.39 Å². The summed E-state index contributed by atoms with van der Waals surface area (Å²) >= 11 is 5.65. The standard InChI is InChI=1S/C13H13ClFN3O/c14-6-11-17-10-5-8(16-7-2-1-3-7)4-9(15)12(10)13(19)18-11/h4-5,7,16H,1-3,6H2,(H,17,18,19). The van der Waals surface area contributed by atoms with E-state index in [1.54, 1.807) is 6.07 Å². The molecule has 6 heteroatoms. The van der Waals surface area contributed by atoms with E-state index in [-0.39, 0.29) is 11.3 Å².